The van der Waals surface area contributed by atoms with Gasteiger partial charge in [0.2, 0.25) is 5.88 Å². The minimum atomic E-state index is -0.718. The molecule has 1 aliphatic heterocycles. The Balaban J connectivity index is 1.63. The first-order valence-electron chi connectivity index (χ1n) is 7.99. The van der Waals surface area contributed by atoms with Gasteiger partial charge in [0.25, 0.3) is 0 Å². The molecule has 1 atom stereocenters. The second-order valence-corrected chi connectivity index (χ2v) is 5.90. The van der Waals surface area contributed by atoms with Crippen LogP contribution in [0.5, 0.6) is 17.4 Å². The van der Waals surface area contributed by atoms with Crippen molar-refractivity contribution in [1.29, 1.82) is 0 Å². The van der Waals surface area contributed by atoms with Crippen molar-refractivity contribution in [2.45, 2.75) is 20.0 Å². The van der Waals surface area contributed by atoms with Gasteiger partial charge in [-0.05, 0) is 37.6 Å². The number of nitrogens with zero attached hydrogens (tertiary/aromatic N) is 3. The van der Waals surface area contributed by atoms with Gasteiger partial charge in [-0.25, -0.2) is 15.0 Å². The molecule has 1 aromatic carbocycles. The molecule has 1 aliphatic rings. The van der Waals surface area contributed by atoms with Gasteiger partial charge in [-0.1, -0.05) is 12.1 Å². The summed E-state index contributed by atoms with van der Waals surface area (Å²) < 4.78 is 11.3. The monoisotopic (exact) mass is 335 g/mol. The third-order valence-corrected chi connectivity index (χ3v) is 4.23. The molecule has 0 aliphatic carbocycles. The third kappa shape index (κ3) is 2.81. The second-order valence-electron chi connectivity index (χ2n) is 5.90. The summed E-state index contributed by atoms with van der Waals surface area (Å²) in [5.41, 5.74) is 4.51. The Morgan fingerprint density at radius 2 is 1.76 bits per heavy atom. The van der Waals surface area contributed by atoms with E-state index in [9.17, 15) is 5.11 Å². The maximum Gasteiger partial charge on any atom is 0.228 e. The highest BCUT2D eigenvalue weighted by Crippen LogP contribution is 2.39. The third-order valence-electron chi connectivity index (χ3n) is 4.23. The maximum absolute atomic E-state index is 10.0. The Morgan fingerprint density at radius 1 is 1.04 bits per heavy atom. The van der Waals surface area contributed by atoms with Crippen molar-refractivity contribution >= 4 is 0 Å². The Labute approximate surface area is 145 Å². The lowest BCUT2D eigenvalue weighted by Crippen LogP contribution is -2.00. The maximum atomic E-state index is 10.0. The predicted molar refractivity (Wildman–Crippen MR) is 91.7 cm³/mol. The molecule has 3 aromatic rings. The van der Waals surface area contributed by atoms with E-state index >= 15 is 0 Å². The van der Waals surface area contributed by atoms with Gasteiger partial charge in [0.15, 0.2) is 0 Å². The molecule has 0 spiro atoms. The molecule has 0 saturated carbocycles. The standard InChI is InChI=1S/C19H17N3O3/c1-11-17(12(2)22-10-21-11)13-3-5-14(6-4-13)25-19-18-15(23)9-24-16(18)7-8-20-19/h3-8,10,15,23H,9H2,1-2H3. The van der Waals surface area contributed by atoms with E-state index in [0.29, 0.717) is 22.9 Å². The van der Waals surface area contributed by atoms with Gasteiger partial charge in [0.05, 0.1) is 5.56 Å². The lowest BCUT2D eigenvalue weighted by molar-refractivity contribution is 0.139. The number of aryl methyl sites for hydroxylation is 2. The fourth-order valence-electron chi connectivity index (χ4n) is 3.02. The SMILES string of the molecule is Cc1ncnc(C)c1-c1ccc(Oc2nccc3c2C(O)CO3)cc1. The van der Waals surface area contributed by atoms with E-state index in [-0.39, 0.29) is 6.61 Å². The normalized spacial score (nSPS) is 15.6. The zero-order chi connectivity index (χ0) is 17.4. The van der Waals surface area contributed by atoms with Crippen molar-refractivity contribution < 1.29 is 14.6 Å². The first-order valence-corrected chi connectivity index (χ1v) is 7.99. The van der Waals surface area contributed by atoms with Gasteiger partial charge in [-0.3, -0.25) is 0 Å². The van der Waals surface area contributed by atoms with Crippen LogP contribution in [0.3, 0.4) is 0 Å². The Kier molecular flexibility index (Phi) is 3.82. The molecule has 0 bridgehead atoms. The molecule has 3 heterocycles. The van der Waals surface area contributed by atoms with Crippen LogP contribution in [-0.4, -0.2) is 26.7 Å². The lowest BCUT2D eigenvalue weighted by atomic mass is 10.0. The molecule has 25 heavy (non-hydrogen) atoms. The van der Waals surface area contributed by atoms with Crippen LogP contribution in [0.4, 0.5) is 0 Å². The van der Waals surface area contributed by atoms with Crippen LogP contribution in [0.1, 0.15) is 23.1 Å². The summed E-state index contributed by atoms with van der Waals surface area (Å²) in [7, 11) is 0. The van der Waals surface area contributed by atoms with E-state index in [4.69, 9.17) is 9.47 Å². The van der Waals surface area contributed by atoms with Gasteiger partial charge in [-0.2, -0.15) is 0 Å². The number of benzene rings is 1. The highest BCUT2D eigenvalue weighted by atomic mass is 16.5. The Morgan fingerprint density at radius 3 is 2.48 bits per heavy atom. The molecule has 6 heteroatoms. The van der Waals surface area contributed by atoms with E-state index in [1.54, 1.807) is 18.6 Å². The first-order chi connectivity index (χ1) is 12.1. The highest BCUT2D eigenvalue weighted by molar-refractivity contribution is 5.68. The van der Waals surface area contributed by atoms with Crippen LogP contribution in [-0.2, 0) is 0 Å². The smallest absolute Gasteiger partial charge is 0.228 e. The highest BCUT2D eigenvalue weighted by Gasteiger charge is 2.27. The quantitative estimate of drug-likeness (QED) is 0.791. The first kappa shape index (κ1) is 15.5. The number of rotatable bonds is 3. The van der Waals surface area contributed by atoms with Crippen molar-refractivity contribution in [3.8, 4) is 28.5 Å². The fraction of sp³-hybridized carbons (Fsp3) is 0.211. The molecular formula is C19H17N3O3. The molecule has 1 unspecified atom stereocenters. The fourth-order valence-corrected chi connectivity index (χ4v) is 3.02. The number of pyridine rings is 1. The summed E-state index contributed by atoms with van der Waals surface area (Å²) in [5.74, 6) is 1.61. The van der Waals surface area contributed by atoms with Gasteiger partial charge in [0.1, 0.15) is 30.5 Å². The molecule has 2 aromatic heterocycles. The average Bonchev–Trinajstić information content (AvgIpc) is 2.99. The molecule has 4 rings (SSSR count). The van der Waals surface area contributed by atoms with Crippen molar-refractivity contribution in [3.05, 3.63) is 59.8 Å². The van der Waals surface area contributed by atoms with Crippen LogP contribution < -0.4 is 9.47 Å². The number of aliphatic hydroxyl groups is 1. The second kappa shape index (κ2) is 6.14. The average molecular weight is 335 g/mol. The number of aromatic nitrogens is 3. The van der Waals surface area contributed by atoms with E-state index in [0.717, 1.165) is 22.5 Å². The molecule has 1 N–H and O–H groups in total. The molecule has 0 amide bonds. The van der Waals surface area contributed by atoms with Gasteiger partial charge >= 0.3 is 0 Å². The van der Waals surface area contributed by atoms with E-state index in [1.807, 2.05) is 38.1 Å². The summed E-state index contributed by atoms with van der Waals surface area (Å²) in [6, 6.07) is 9.38. The van der Waals surface area contributed by atoms with Crippen molar-refractivity contribution in [2.24, 2.45) is 0 Å². The number of fused-ring (bicyclic) bond motifs is 1. The zero-order valence-electron chi connectivity index (χ0n) is 13.9. The number of hydrogen-bond donors (Lipinski definition) is 1. The van der Waals surface area contributed by atoms with E-state index < -0.39 is 6.10 Å². The largest absolute Gasteiger partial charge is 0.490 e. The molecule has 0 fully saturated rings. The minimum Gasteiger partial charge on any atom is -0.490 e. The molecule has 0 saturated heterocycles. The molecule has 6 nitrogen and oxygen atoms in total. The number of aliphatic hydroxyl groups excluding tert-OH is 1. The van der Waals surface area contributed by atoms with Gasteiger partial charge in [0, 0.05) is 23.1 Å². The van der Waals surface area contributed by atoms with E-state index in [2.05, 4.69) is 15.0 Å². The molecular weight excluding hydrogens is 318 g/mol. The summed E-state index contributed by atoms with van der Waals surface area (Å²) >= 11 is 0. The summed E-state index contributed by atoms with van der Waals surface area (Å²) in [5, 5.41) is 10.0. The molecule has 0 radical (unpaired) electrons. The van der Waals surface area contributed by atoms with Crippen LogP contribution in [0.2, 0.25) is 0 Å². The topological polar surface area (TPSA) is 77.4 Å². The number of hydrogen-bond acceptors (Lipinski definition) is 6. The summed E-state index contributed by atoms with van der Waals surface area (Å²) in [6.07, 6.45) is 2.46. The van der Waals surface area contributed by atoms with Crippen molar-refractivity contribution in [2.75, 3.05) is 6.61 Å². The predicted octanol–water partition coefficient (Wildman–Crippen LogP) is 3.37. The Bertz CT molecular complexity index is 905. The van der Waals surface area contributed by atoms with Crippen molar-refractivity contribution in [3.63, 3.8) is 0 Å². The van der Waals surface area contributed by atoms with Crippen LogP contribution in [0, 0.1) is 13.8 Å². The molecule has 126 valence electrons. The van der Waals surface area contributed by atoms with Crippen LogP contribution >= 0.6 is 0 Å². The minimum absolute atomic E-state index is 0.225. The Hall–Kier alpha value is -2.99. The van der Waals surface area contributed by atoms with Crippen LogP contribution in [0.15, 0.2) is 42.9 Å². The summed E-state index contributed by atoms with van der Waals surface area (Å²) in [4.78, 5) is 12.7. The lowest BCUT2D eigenvalue weighted by Gasteiger charge is -2.11. The van der Waals surface area contributed by atoms with Gasteiger partial charge < -0.3 is 14.6 Å². The van der Waals surface area contributed by atoms with E-state index in [1.165, 1.54) is 0 Å². The van der Waals surface area contributed by atoms with Crippen molar-refractivity contribution in [1.82, 2.24) is 15.0 Å². The van der Waals surface area contributed by atoms with Gasteiger partial charge in [-0.15, -0.1) is 0 Å². The zero-order valence-corrected chi connectivity index (χ0v) is 13.9. The summed E-state index contributed by atoms with van der Waals surface area (Å²) in [6.45, 7) is 4.16. The number of ether oxygens (including phenoxy) is 2. The van der Waals surface area contributed by atoms with Crippen LogP contribution in [0.25, 0.3) is 11.1 Å².